The number of ether oxygens (including phenoxy) is 1. The number of benzene rings is 1. The van der Waals surface area contributed by atoms with E-state index in [1.807, 2.05) is 24.3 Å². The minimum absolute atomic E-state index is 0.127. The maximum absolute atomic E-state index is 12.3. The van der Waals surface area contributed by atoms with Gasteiger partial charge in [0.05, 0.1) is 12.8 Å². The minimum Gasteiger partial charge on any atom is -0.495 e. The third-order valence-electron chi connectivity index (χ3n) is 3.27. The van der Waals surface area contributed by atoms with E-state index in [4.69, 9.17) is 9.15 Å². The van der Waals surface area contributed by atoms with Crippen LogP contribution in [0.4, 0.5) is 5.69 Å². The Kier molecular flexibility index (Phi) is 4.09. The molecule has 23 heavy (non-hydrogen) atoms. The van der Waals surface area contributed by atoms with E-state index in [1.54, 1.807) is 36.9 Å². The number of aryl methyl sites for hydroxylation is 1. The monoisotopic (exact) mass is 312 g/mol. The molecule has 0 aliphatic heterocycles. The lowest BCUT2D eigenvalue weighted by molar-refractivity contribution is -0.116. The van der Waals surface area contributed by atoms with Gasteiger partial charge in [0.2, 0.25) is 11.8 Å². The molecule has 0 unspecified atom stereocenters. The molecule has 7 nitrogen and oxygen atoms in total. The summed E-state index contributed by atoms with van der Waals surface area (Å²) < 4.78 is 12.4. The van der Waals surface area contributed by atoms with Crippen LogP contribution in [0.15, 0.2) is 47.0 Å². The topological polar surface area (TPSA) is 82.2 Å². The Labute approximate surface area is 132 Å². The molecule has 2 aromatic heterocycles. The van der Waals surface area contributed by atoms with Crippen LogP contribution in [0.3, 0.4) is 0 Å². The number of hydrogen-bond acceptors (Lipinski definition) is 5. The van der Waals surface area contributed by atoms with Crippen molar-refractivity contribution in [2.45, 2.75) is 13.5 Å². The molecule has 0 radical (unpaired) electrons. The summed E-state index contributed by atoms with van der Waals surface area (Å²) in [6.45, 7) is 1.85. The second kappa shape index (κ2) is 6.35. The number of para-hydroxylation sites is 2. The predicted molar refractivity (Wildman–Crippen MR) is 84.1 cm³/mol. The minimum atomic E-state index is -0.178. The number of anilines is 1. The van der Waals surface area contributed by atoms with E-state index in [-0.39, 0.29) is 12.5 Å². The summed E-state index contributed by atoms with van der Waals surface area (Å²) >= 11 is 0. The SMILES string of the molecule is COc1ccccc1NC(=O)Cn1cccc1-c1nnc(C)o1. The number of methoxy groups -OCH3 is 1. The van der Waals surface area contributed by atoms with Gasteiger partial charge in [0.1, 0.15) is 18.0 Å². The van der Waals surface area contributed by atoms with Crippen molar-refractivity contribution in [3.05, 3.63) is 48.5 Å². The fourth-order valence-corrected chi connectivity index (χ4v) is 2.24. The van der Waals surface area contributed by atoms with Gasteiger partial charge in [-0.15, -0.1) is 10.2 Å². The summed E-state index contributed by atoms with van der Waals surface area (Å²) in [6.07, 6.45) is 1.79. The summed E-state index contributed by atoms with van der Waals surface area (Å²) in [4.78, 5) is 12.3. The molecule has 0 atom stereocenters. The van der Waals surface area contributed by atoms with Crippen LogP contribution in [0, 0.1) is 6.92 Å². The van der Waals surface area contributed by atoms with Gasteiger partial charge in [-0.3, -0.25) is 4.79 Å². The van der Waals surface area contributed by atoms with Crippen LogP contribution in [0.25, 0.3) is 11.6 Å². The Balaban J connectivity index is 1.75. The smallest absolute Gasteiger partial charge is 0.264 e. The Morgan fingerprint density at radius 1 is 1.26 bits per heavy atom. The van der Waals surface area contributed by atoms with E-state index in [9.17, 15) is 4.79 Å². The number of aromatic nitrogens is 3. The highest BCUT2D eigenvalue weighted by Gasteiger charge is 2.14. The summed E-state index contributed by atoms with van der Waals surface area (Å²) in [5, 5.41) is 10.6. The molecule has 0 fully saturated rings. The molecule has 0 bridgehead atoms. The van der Waals surface area contributed by atoms with Gasteiger partial charge in [0.25, 0.3) is 5.89 Å². The lowest BCUT2D eigenvalue weighted by Crippen LogP contribution is -2.19. The average molecular weight is 312 g/mol. The first-order valence-electron chi connectivity index (χ1n) is 7.06. The van der Waals surface area contributed by atoms with Crippen LogP contribution < -0.4 is 10.1 Å². The first-order chi connectivity index (χ1) is 11.2. The molecule has 3 rings (SSSR count). The number of hydrogen-bond donors (Lipinski definition) is 1. The standard InChI is InChI=1S/C16H16N4O3/c1-11-18-19-16(23-11)13-7-5-9-20(13)10-15(21)17-12-6-3-4-8-14(12)22-2/h3-9H,10H2,1-2H3,(H,17,21). The molecule has 0 spiro atoms. The normalized spacial score (nSPS) is 10.5. The van der Waals surface area contributed by atoms with E-state index in [2.05, 4.69) is 15.5 Å². The lowest BCUT2D eigenvalue weighted by atomic mass is 10.3. The zero-order valence-electron chi connectivity index (χ0n) is 12.8. The van der Waals surface area contributed by atoms with Crippen molar-refractivity contribution in [2.75, 3.05) is 12.4 Å². The van der Waals surface area contributed by atoms with Crippen molar-refractivity contribution in [1.82, 2.24) is 14.8 Å². The molecule has 0 aliphatic rings. The van der Waals surface area contributed by atoms with Crippen LogP contribution in [0.2, 0.25) is 0 Å². The van der Waals surface area contributed by atoms with Gasteiger partial charge in [0, 0.05) is 13.1 Å². The molecule has 1 aromatic carbocycles. The molecule has 0 saturated carbocycles. The van der Waals surface area contributed by atoms with Gasteiger partial charge in [-0.25, -0.2) is 0 Å². The number of nitrogens with zero attached hydrogens (tertiary/aromatic N) is 3. The van der Waals surface area contributed by atoms with E-state index in [1.165, 1.54) is 0 Å². The van der Waals surface area contributed by atoms with Crippen molar-refractivity contribution in [3.63, 3.8) is 0 Å². The van der Waals surface area contributed by atoms with E-state index in [0.29, 0.717) is 28.9 Å². The molecule has 2 heterocycles. The molecular weight excluding hydrogens is 296 g/mol. The Morgan fingerprint density at radius 3 is 2.83 bits per heavy atom. The molecule has 1 N–H and O–H groups in total. The highest BCUT2D eigenvalue weighted by molar-refractivity contribution is 5.92. The van der Waals surface area contributed by atoms with Gasteiger partial charge in [-0.1, -0.05) is 12.1 Å². The molecule has 1 amide bonds. The quantitative estimate of drug-likeness (QED) is 0.782. The molecule has 118 valence electrons. The first kappa shape index (κ1) is 14.8. The Hall–Kier alpha value is -3.09. The van der Waals surface area contributed by atoms with Crippen LogP contribution in [0.5, 0.6) is 5.75 Å². The maximum atomic E-state index is 12.3. The predicted octanol–water partition coefficient (Wildman–Crippen LogP) is 2.49. The second-order valence-corrected chi connectivity index (χ2v) is 4.90. The third kappa shape index (κ3) is 3.23. The number of rotatable bonds is 5. The first-order valence-corrected chi connectivity index (χ1v) is 7.06. The zero-order valence-corrected chi connectivity index (χ0v) is 12.8. The summed E-state index contributed by atoms with van der Waals surface area (Å²) in [5.41, 5.74) is 1.32. The number of carbonyl (C=O) groups is 1. The van der Waals surface area contributed by atoms with Crippen LogP contribution in [-0.2, 0) is 11.3 Å². The highest BCUT2D eigenvalue weighted by atomic mass is 16.5. The van der Waals surface area contributed by atoms with Gasteiger partial charge < -0.3 is 19.0 Å². The van der Waals surface area contributed by atoms with Crippen LogP contribution >= 0.6 is 0 Å². The molecule has 0 saturated heterocycles. The van der Waals surface area contributed by atoms with Gasteiger partial charge in [-0.2, -0.15) is 0 Å². The molecular formula is C16H16N4O3. The largest absolute Gasteiger partial charge is 0.495 e. The number of carbonyl (C=O) groups excluding carboxylic acids is 1. The van der Waals surface area contributed by atoms with Gasteiger partial charge in [-0.05, 0) is 24.3 Å². The van der Waals surface area contributed by atoms with Crippen molar-refractivity contribution < 1.29 is 13.9 Å². The maximum Gasteiger partial charge on any atom is 0.264 e. The van der Waals surface area contributed by atoms with Gasteiger partial charge >= 0.3 is 0 Å². The van der Waals surface area contributed by atoms with Crippen molar-refractivity contribution in [3.8, 4) is 17.3 Å². The fourth-order valence-electron chi connectivity index (χ4n) is 2.24. The van der Waals surface area contributed by atoms with E-state index >= 15 is 0 Å². The lowest BCUT2D eigenvalue weighted by Gasteiger charge is -2.11. The summed E-state index contributed by atoms with van der Waals surface area (Å²) in [7, 11) is 1.56. The van der Waals surface area contributed by atoms with Crippen molar-refractivity contribution >= 4 is 11.6 Å². The molecule has 7 heteroatoms. The zero-order chi connectivity index (χ0) is 16.2. The highest BCUT2D eigenvalue weighted by Crippen LogP contribution is 2.23. The third-order valence-corrected chi connectivity index (χ3v) is 3.27. The van der Waals surface area contributed by atoms with Crippen LogP contribution in [-0.4, -0.2) is 27.8 Å². The van der Waals surface area contributed by atoms with E-state index < -0.39 is 0 Å². The Bertz CT molecular complexity index is 822. The summed E-state index contributed by atoms with van der Waals surface area (Å²) in [5.74, 6) is 1.30. The van der Waals surface area contributed by atoms with E-state index in [0.717, 1.165) is 0 Å². The van der Waals surface area contributed by atoms with Crippen molar-refractivity contribution in [2.24, 2.45) is 0 Å². The van der Waals surface area contributed by atoms with Crippen molar-refractivity contribution in [1.29, 1.82) is 0 Å². The van der Waals surface area contributed by atoms with Crippen LogP contribution in [0.1, 0.15) is 5.89 Å². The fraction of sp³-hybridized carbons (Fsp3) is 0.188. The number of nitrogens with one attached hydrogen (secondary N) is 1. The molecule has 0 aliphatic carbocycles. The van der Waals surface area contributed by atoms with Gasteiger partial charge in [0.15, 0.2) is 0 Å². The average Bonchev–Trinajstić information content (AvgIpc) is 3.16. The molecule has 3 aromatic rings. The summed E-state index contributed by atoms with van der Waals surface area (Å²) in [6, 6.07) is 10.9. The Morgan fingerprint density at radius 2 is 2.09 bits per heavy atom. The second-order valence-electron chi connectivity index (χ2n) is 4.90. The number of amides is 1.